The predicted octanol–water partition coefficient (Wildman–Crippen LogP) is 2.85. The van der Waals surface area contributed by atoms with E-state index < -0.39 is 0 Å². The fourth-order valence-corrected chi connectivity index (χ4v) is 1.45. The average molecular weight is 182 g/mol. The summed E-state index contributed by atoms with van der Waals surface area (Å²) in [5.41, 5.74) is 0. The van der Waals surface area contributed by atoms with Crippen LogP contribution in [0, 0.1) is 6.92 Å². The van der Waals surface area contributed by atoms with Crippen molar-refractivity contribution in [2.24, 2.45) is 0 Å². The van der Waals surface area contributed by atoms with Gasteiger partial charge in [-0.2, -0.15) is 0 Å². The van der Waals surface area contributed by atoms with E-state index in [0.717, 1.165) is 30.8 Å². The normalized spacial score (nSPS) is 13.2. The fourth-order valence-electron chi connectivity index (χ4n) is 1.45. The van der Waals surface area contributed by atoms with Crippen molar-refractivity contribution in [1.82, 2.24) is 0 Å². The van der Waals surface area contributed by atoms with E-state index in [9.17, 15) is 0 Å². The Hall–Kier alpha value is -0.760. The first-order chi connectivity index (χ1) is 6.27. The smallest absolute Gasteiger partial charge is 0.109 e. The molecule has 1 atom stereocenters. The van der Waals surface area contributed by atoms with Gasteiger partial charge in [0.25, 0.3) is 0 Å². The highest BCUT2D eigenvalue weighted by Crippen LogP contribution is 2.23. The number of aliphatic hydroxyl groups excluding tert-OH is 1. The second kappa shape index (κ2) is 5.07. The third kappa shape index (κ3) is 2.88. The van der Waals surface area contributed by atoms with Gasteiger partial charge in [-0.25, -0.2) is 0 Å². The molecule has 0 aliphatic carbocycles. The van der Waals surface area contributed by atoms with E-state index in [1.807, 2.05) is 19.1 Å². The Morgan fingerprint density at radius 1 is 1.46 bits per heavy atom. The van der Waals surface area contributed by atoms with Crippen LogP contribution in [0.2, 0.25) is 0 Å². The first-order valence-electron chi connectivity index (χ1n) is 4.95. The van der Waals surface area contributed by atoms with Crippen molar-refractivity contribution in [1.29, 1.82) is 0 Å². The number of hydrogen-bond donors (Lipinski definition) is 1. The molecule has 1 aromatic heterocycles. The topological polar surface area (TPSA) is 33.4 Å². The van der Waals surface area contributed by atoms with E-state index in [4.69, 9.17) is 9.52 Å². The maximum Gasteiger partial charge on any atom is 0.109 e. The van der Waals surface area contributed by atoms with Crippen LogP contribution in [0.15, 0.2) is 16.5 Å². The van der Waals surface area contributed by atoms with Crippen LogP contribution in [-0.4, -0.2) is 11.7 Å². The first kappa shape index (κ1) is 10.3. The van der Waals surface area contributed by atoms with Gasteiger partial charge in [0, 0.05) is 5.92 Å². The maximum atomic E-state index is 9.16. The van der Waals surface area contributed by atoms with Gasteiger partial charge in [0.1, 0.15) is 11.5 Å². The maximum absolute atomic E-state index is 9.16. The second-order valence-electron chi connectivity index (χ2n) is 3.47. The highest BCUT2D eigenvalue weighted by Gasteiger charge is 2.12. The van der Waals surface area contributed by atoms with Gasteiger partial charge in [0.15, 0.2) is 0 Å². The molecule has 1 rings (SSSR count). The highest BCUT2D eigenvalue weighted by molar-refractivity contribution is 5.10. The van der Waals surface area contributed by atoms with Gasteiger partial charge >= 0.3 is 0 Å². The number of furan rings is 1. The van der Waals surface area contributed by atoms with Crippen molar-refractivity contribution in [2.45, 2.75) is 39.0 Å². The molecule has 0 aliphatic rings. The fraction of sp³-hybridized carbons (Fsp3) is 0.636. The summed E-state index contributed by atoms with van der Waals surface area (Å²) >= 11 is 0. The Balaban J connectivity index is 2.56. The molecule has 1 aromatic rings. The Morgan fingerprint density at radius 2 is 2.23 bits per heavy atom. The van der Waals surface area contributed by atoms with Gasteiger partial charge in [-0.15, -0.1) is 0 Å². The van der Waals surface area contributed by atoms with Crippen LogP contribution in [0.25, 0.3) is 0 Å². The molecule has 13 heavy (non-hydrogen) atoms. The van der Waals surface area contributed by atoms with Crippen LogP contribution in [-0.2, 0) is 0 Å². The van der Waals surface area contributed by atoms with Gasteiger partial charge in [0.05, 0.1) is 6.61 Å². The molecule has 2 nitrogen and oxygen atoms in total. The monoisotopic (exact) mass is 182 g/mol. The Labute approximate surface area is 79.6 Å². The molecule has 2 heteroatoms. The standard InChI is InChI=1S/C11H18O2/c1-3-4-5-10(8-12)11-7-6-9(2)13-11/h6-7,10,12H,3-5,8H2,1-2H3. The van der Waals surface area contributed by atoms with E-state index in [2.05, 4.69) is 6.92 Å². The lowest BCUT2D eigenvalue weighted by atomic mass is 10.0. The van der Waals surface area contributed by atoms with Crippen molar-refractivity contribution in [3.63, 3.8) is 0 Å². The number of unbranched alkanes of at least 4 members (excludes halogenated alkanes) is 1. The van der Waals surface area contributed by atoms with Crippen molar-refractivity contribution in [2.75, 3.05) is 6.61 Å². The van der Waals surface area contributed by atoms with Crippen molar-refractivity contribution < 1.29 is 9.52 Å². The molecule has 0 spiro atoms. The Kier molecular flexibility index (Phi) is 4.03. The summed E-state index contributed by atoms with van der Waals surface area (Å²) in [6, 6.07) is 3.91. The minimum atomic E-state index is 0.187. The SMILES string of the molecule is CCCCC(CO)c1ccc(C)o1. The van der Waals surface area contributed by atoms with E-state index in [-0.39, 0.29) is 12.5 Å². The zero-order chi connectivity index (χ0) is 9.68. The molecule has 1 N–H and O–H groups in total. The lowest BCUT2D eigenvalue weighted by Gasteiger charge is -2.09. The minimum Gasteiger partial charge on any atom is -0.466 e. The Bertz CT molecular complexity index is 240. The zero-order valence-corrected chi connectivity index (χ0v) is 8.42. The van der Waals surface area contributed by atoms with Gasteiger partial charge < -0.3 is 9.52 Å². The molecule has 0 aromatic carbocycles. The molecule has 1 unspecified atom stereocenters. The van der Waals surface area contributed by atoms with E-state index in [1.165, 1.54) is 0 Å². The lowest BCUT2D eigenvalue weighted by Crippen LogP contribution is -2.02. The molecule has 0 radical (unpaired) electrons. The zero-order valence-electron chi connectivity index (χ0n) is 8.42. The van der Waals surface area contributed by atoms with Crippen LogP contribution >= 0.6 is 0 Å². The number of rotatable bonds is 5. The molecule has 0 fully saturated rings. The first-order valence-corrected chi connectivity index (χ1v) is 4.95. The number of aliphatic hydroxyl groups is 1. The molecule has 0 saturated carbocycles. The van der Waals surface area contributed by atoms with Gasteiger partial charge in [0.2, 0.25) is 0 Å². The highest BCUT2D eigenvalue weighted by atomic mass is 16.3. The summed E-state index contributed by atoms with van der Waals surface area (Å²) in [5.74, 6) is 2.03. The van der Waals surface area contributed by atoms with E-state index >= 15 is 0 Å². The van der Waals surface area contributed by atoms with Crippen LogP contribution in [0.4, 0.5) is 0 Å². The van der Waals surface area contributed by atoms with Crippen LogP contribution < -0.4 is 0 Å². The van der Waals surface area contributed by atoms with Crippen molar-refractivity contribution in [3.8, 4) is 0 Å². The summed E-state index contributed by atoms with van der Waals surface area (Å²) in [7, 11) is 0. The molecular weight excluding hydrogens is 164 g/mol. The number of aryl methyl sites for hydroxylation is 1. The molecule has 1 heterocycles. The molecule has 0 amide bonds. The quantitative estimate of drug-likeness (QED) is 0.759. The van der Waals surface area contributed by atoms with Gasteiger partial charge in [-0.1, -0.05) is 19.8 Å². The molecule has 0 saturated heterocycles. The van der Waals surface area contributed by atoms with Crippen LogP contribution in [0.3, 0.4) is 0 Å². The number of hydrogen-bond acceptors (Lipinski definition) is 2. The summed E-state index contributed by atoms with van der Waals surface area (Å²) < 4.78 is 5.47. The third-order valence-electron chi connectivity index (χ3n) is 2.29. The van der Waals surface area contributed by atoms with Crippen molar-refractivity contribution >= 4 is 0 Å². The molecule has 0 aliphatic heterocycles. The van der Waals surface area contributed by atoms with Gasteiger partial charge in [-0.05, 0) is 25.5 Å². The second-order valence-corrected chi connectivity index (χ2v) is 3.47. The largest absolute Gasteiger partial charge is 0.466 e. The molecule has 74 valence electrons. The van der Waals surface area contributed by atoms with Crippen LogP contribution in [0.1, 0.15) is 43.6 Å². The third-order valence-corrected chi connectivity index (χ3v) is 2.29. The molecular formula is C11H18O2. The van der Waals surface area contributed by atoms with Crippen molar-refractivity contribution in [3.05, 3.63) is 23.7 Å². The lowest BCUT2D eigenvalue weighted by molar-refractivity contribution is 0.239. The van der Waals surface area contributed by atoms with Gasteiger partial charge in [-0.3, -0.25) is 0 Å². The van der Waals surface area contributed by atoms with Crippen LogP contribution in [0.5, 0.6) is 0 Å². The van der Waals surface area contributed by atoms with E-state index in [1.54, 1.807) is 0 Å². The predicted molar refractivity (Wildman–Crippen MR) is 52.8 cm³/mol. The summed E-state index contributed by atoms with van der Waals surface area (Å²) in [6.07, 6.45) is 3.32. The molecule has 0 bridgehead atoms. The summed E-state index contributed by atoms with van der Waals surface area (Å²) in [4.78, 5) is 0. The Morgan fingerprint density at radius 3 is 2.69 bits per heavy atom. The van der Waals surface area contributed by atoms with E-state index in [0.29, 0.717) is 0 Å². The summed E-state index contributed by atoms with van der Waals surface area (Å²) in [6.45, 7) is 4.27. The minimum absolute atomic E-state index is 0.187. The average Bonchev–Trinajstić information content (AvgIpc) is 2.54. The summed E-state index contributed by atoms with van der Waals surface area (Å²) in [5, 5.41) is 9.16.